The Hall–Kier alpha value is -3.66. The molecule has 0 radical (unpaired) electrons. The molecule has 0 saturated heterocycles. The zero-order chi connectivity index (χ0) is 21.3. The highest BCUT2D eigenvalue weighted by molar-refractivity contribution is 5.93. The summed E-state index contributed by atoms with van der Waals surface area (Å²) in [6.07, 6.45) is 2.57. The van der Waals surface area contributed by atoms with E-state index in [9.17, 15) is 4.79 Å². The minimum absolute atomic E-state index is 0.260. The number of hydrogen-bond donors (Lipinski definition) is 1. The molecule has 4 aromatic rings. The second-order valence-corrected chi connectivity index (χ2v) is 7.51. The predicted molar refractivity (Wildman–Crippen MR) is 119 cm³/mol. The molecule has 4 heteroatoms. The quantitative estimate of drug-likeness (QED) is 0.461. The second-order valence-electron chi connectivity index (χ2n) is 7.51. The van der Waals surface area contributed by atoms with Crippen LogP contribution in [0.5, 0.6) is 5.75 Å². The summed E-state index contributed by atoms with van der Waals surface area (Å²) in [6.45, 7) is 4.24. The molecule has 0 fully saturated rings. The first-order chi connectivity index (χ1) is 14.5. The Morgan fingerprint density at radius 1 is 0.967 bits per heavy atom. The average Bonchev–Trinajstić information content (AvgIpc) is 2.75. The Bertz CT molecular complexity index is 1240. The van der Waals surface area contributed by atoms with E-state index >= 15 is 0 Å². The van der Waals surface area contributed by atoms with Crippen LogP contribution in [0.2, 0.25) is 0 Å². The topological polar surface area (TPSA) is 59.4 Å². The molecular formula is C26H23NO3. The van der Waals surface area contributed by atoms with Crippen LogP contribution >= 0.6 is 0 Å². The van der Waals surface area contributed by atoms with E-state index in [-0.39, 0.29) is 5.56 Å². The van der Waals surface area contributed by atoms with Gasteiger partial charge in [-0.3, -0.25) is 4.98 Å². The predicted octanol–water partition coefficient (Wildman–Crippen LogP) is 5.82. The monoisotopic (exact) mass is 397 g/mol. The minimum Gasteiger partial charge on any atom is -0.496 e. The number of nitrogens with zero attached hydrogens (tertiary/aromatic N) is 1. The molecule has 0 aliphatic rings. The maximum atomic E-state index is 11.2. The molecule has 0 atom stereocenters. The van der Waals surface area contributed by atoms with E-state index in [0.29, 0.717) is 0 Å². The lowest BCUT2D eigenvalue weighted by molar-refractivity contribution is 0.0697. The molecule has 4 rings (SSSR count). The van der Waals surface area contributed by atoms with Gasteiger partial charge in [0.2, 0.25) is 0 Å². The molecule has 0 bridgehead atoms. The van der Waals surface area contributed by atoms with Crippen LogP contribution in [0.3, 0.4) is 0 Å². The number of carboxylic acid groups (broad SMARTS) is 1. The maximum Gasteiger partial charge on any atom is 0.335 e. The highest BCUT2D eigenvalue weighted by Gasteiger charge is 2.13. The summed E-state index contributed by atoms with van der Waals surface area (Å²) in [7, 11) is 1.65. The van der Waals surface area contributed by atoms with Gasteiger partial charge in [0, 0.05) is 23.6 Å². The van der Waals surface area contributed by atoms with Gasteiger partial charge in [-0.2, -0.15) is 0 Å². The number of methoxy groups -OCH3 is 1. The summed E-state index contributed by atoms with van der Waals surface area (Å²) in [4.78, 5) is 15.8. The van der Waals surface area contributed by atoms with E-state index in [1.165, 1.54) is 16.7 Å². The van der Waals surface area contributed by atoms with Crippen molar-refractivity contribution in [2.75, 3.05) is 7.11 Å². The number of ether oxygens (including phenoxy) is 1. The molecule has 0 unspecified atom stereocenters. The van der Waals surface area contributed by atoms with Crippen molar-refractivity contribution in [3.63, 3.8) is 0 Å². The van der Waals surface area contributed by atoms with Crippen LogP contribution in [-0.4, -0.2) is 23.2 Å². The van der Waals surface area contributed by atoms with Crippen LogP contribution < -0.4 is 4.74 Å². The highest BCUT2D eigenvalue weighted by atomic mass is 16.5. The molecule has 30 heavy (non-hydrogen) atoms. The maximum absolute atomic E-state index is 11.2. The molecule has 150 valence electrons. The van der Waals surface area contributed by atoms with Crippen molar-refractivity contribution in [2.24, 2.45) is 0 Å². The average molecular weight is 397 g/mol. The normalized spacial score (nSPS) is 10.9. The third-order valence-corrected chi connectivity index (χ3v) is 5.55. The number of aromatic nitrogens is 1. The Morgan fingerprint density at radius 2 is 1.73 bits per heavy atom. The number of carbonyl (C=O) groups is 1. The Labute approximate surface area is 175 Å². The minimum atomic E-state index is -0.938. The van der Waals surface area contributed by atoms with Gasteiger partial charge in [0.05, 0.1) is 18.4 Å². The second kappa shape index (κ2) is 7.99. The van der Waals surface area contributed by atoms with Gasteiger partial charge in [0.1, 0.15) is 5.75 Å². The molecule has 1 N–H and O–H groups in total. The number of aryl methyl sites for hydroxylation is 2. The van der Waals surface area contributed by atoms with Gasteiger partial charge in [-0.25, -0.2) is 4.79 Å². The molecule has 1 aromatic heterocycles. The molecule has 0 aliphatic carbocycles. The van der Waals surface area contributed by atoms with Gasteiger partial charge in [0.15, 0.2) is 0 Å². The lowest BCUT2D eigenvalue weighted by Gasteiger charge is -2.13. The summed E-state index contributed by atoms with van der Waals surface area (Å²) in [5.41, 5.74) is 6.85. The number of aromatic carboxylic acids is 1. The van der Waals surface area contributed by atoms with Gasteiger partial charge in [-0.1, -0.05) is 30.3 Å². The first-order valence-corrected chi connectivity index (χ1v) is 9.82. The van der Waals surface area contributed by atoms with Crippen LogP contribution in [0.1, 0.15) is 32.7 Å². The third kappa shape index (κ3) is 3.77. The van der Waals surface area contributed by atoms with Crippen molar-refractivity contribution in [1.29, 1.82) is 0 Å². The van der Waals surface area contributed by atoms with Crippen molar-refractivity contribution in [3.05, 3.63) is 94.8 Å². The smallest absolute Gasteiger partial charge is 0.335 e. The van der Waals surface area contributed by atoms with Crippen LogP contribution in [0.4, 0.5) is 0 Å². The SMILES string of the molecule is COc1cc2ccnc(Cc3ccc(C)c(C)c3)c2cc1-c1ccc(C(=O)O)cc1. The van der Waals surface area contributed by atoms with E-state index in [1.807, 2.05) is 30.5 Å². The molecule has 0 saturated carbocycles. The molecule has 1 heterocycles. The fourth-order valence-electron chi connectivity index (χ4n) is 3.69. The van der Waals surface area contributed by atoms with Crippen LogP contribution in [0.15, 0.2) is 66.9 Å². The van der Waals surface area contributed by atoms with Crippen LogP contribution in [0.25, 0.3) is 21.9 Å². The molecule has 4 nitrogen and oxygen atoms in total. The van der Waals surface area contributed by atoms with Gasteiger partial charge in [0.25, 0.3) is 0 Å². The van der Waals surface area contributed by atoms with Crippen molar-refractivity contribution in [3.8, 4) is 16.9 Å². The van der Waals surface area contributed by atoms with Gasteiger partial charge in [-0.05, 0) is 71.8 Å². The Morgan fingerprint density at radius 3 is 2.40 bits per heavy atom. The molecule has 3 aromatic carbocycles. The number of fused-ring (bicyclic) bond motifs is 1. The fourth-order valence-corrected chi connectivity index (χ4v) is 3.69. The Kier molecular flexibility index (Phi) is 5.23. The third-order valence-electron chi connectivity index (χ3n) is 5.55. The van der Waals surface area contributed by atoms with Crippen molar-refractivity contribution >= 4 is 16.7 Å². The molecule has 0 aliphatic heterocycles. The standard InChI is InChI=1S/C26H23NO3/c1-16-4-5-18(12-17(16)2)13-24-22-15-23(19-6-8-20(9-7-19)26(28)29)25(30-3)14-21(22)10-11-27-24/h4-12,14-15H,13H2,1-3H3,(H,28,29). The summed E-state index contributed by atoms with van der Waals surface area (Å²) in [6, 6.07) is 19.4. The summed E-state index contributed by atoms with van der Waals surface area (Å²) >= 11 is 0. The summed E-state index contributed by atoms with van der Waals surface area (Å²) in [5, 5.41) is 11.3. The first-order valence-electron chi connectivity index (χ1n) is 9.82. The number of carboxylic acids is 1. The number of benzene rings is 3. The summed E-state index contributed by atoms with van der Waals surface area (Å²) < 4.78 is 5.64. The highest BCUT2D eigenvalue weighted by Crippen LogP contribution is 2.35. The lowest BCUT2D eigenvalue weighted by atomic mass is 9.96. The Balaban J connectivity index is 1.82. The largest absolute Gasteiger partial charge is 0.496 e. The van der Waals surface area contributed by atoms with E-state index < -0.39 is 5.97 Å². The van der Waals surface area contributed by atoms with Crippen molar-refractivity contribution in [1.82, 2.24) is 4.98 Å². The molecule has 0 spiro atoms. The van der Waals surface area contributed by atoms with Gasteiger partial charge >= 0.3 is 5.97 Å². The van der Waals surface area contributed by atoms with Crippen LogP contribution in [0, 0.1) is 13.8 Å². The van der Waals surface area contributed by atoms with Crippen molar-refractivity contribution in [2.45, 2.75) is 20.3 Å². The number of hydrogen-bond acceptors (Lipinski definition) is 3. The zero-order valence-corrected chi connectivity index (χ0v) is 17.3. The van der Waals surface area contributed by atoms with Crippen LogP contribution in [-0.2, 0) is 6.42 Å². The lowest BCUT2D eigenvalue weighted by Crippen LogP contribution is -1.97. The first kappa shape index (κ1) is 19.6. The van der Waals surface area contributed by atoms with E-state index in [1.54, 1.807) is 19.2 Å². The van der Waals surface area contributed by atoms with E-state index in [4.69, 9.17) is 9.84 Å². The zero-order valence-electron chi connectivity index (χ0n) is 17.3. The van der Waals surface area contributed by atoms with E-state index in [2.05, 4.69) is 43.1 Å². The van der Waals surface area contributed by atoms with Gasteiger partial charge < -0.3 is 9.84 Å². The van der Waals surface area contributed by atoms with Gasteiger partial charge in [-0.15, -0.1) is 0 Å². The summed E-state index contributed by atoms with van der Waals surface area (Å²) in [5.74, 6) is -0.194. The molecular weight excluding hydrogens is 374 g/mol. The fraction of sp³-hybridized carbons (Fsp3) is 0.154. The van der Waals surface area contributed by atoms with E-state index in [0.717, 1.165) is 39.8 Å². The van der Waals surface area contributed by atoms with Crippen molar-refractivity contribution < 1.29 is 14.6 Å². The number of rotatable bonds is 5. The number of pyridine rings is 1. The molecule has 0 amide bonds.